The van der Waals surface area contributed by atoms with Gasteiger partial charge in [-0.2, -0.15) is 0 Å². The highest BCUT2D eigenvalue weighted by Gasteiger charge is 1.97. The Morgan fingerprint density at radius 1 is 1.50 bits per heavy atom. The van der Waals surface area contributed by atoms with E-state index in [-0.39, 0.29) is 12.4 Å². The Labute approximate surface area is 70.6 Å². The summed E-state index contributed by atoms with van der Waals surface area (Å²) in [6, 6.07) is 0. The fourth-order valence-electron chi connectivity index (χ4n) is 0.631. The Balaban J connectivity index is 2.53. The molecule has 1 aromatic heterocycles. The van der Waals surface area contributed by atoms with E-state index in [1.807, 2.05) is 6.92 Å². The maximum absolute atomic E-state index is 10.5. The average molecular weight is 166 g/mol. The highest BCUT2D eigenvalue weighted by Crippen LogP contribution is 2.02. The normalized spacial score (nSPS) is 9.50. The van der Waals surface area contributed by atoms with Crippen molar-refractivity contribution in [3.05, 3.63) is 18.1 Å². The molecule has 0 saturated heterocycles. The number of aromatic nitrogens is 2. The van der Waals surface area contributed by atoms with Crippen LogP contribution in [0.1, 0.15) is 12.6 Å². The molecule has 0 aliphatic heterocycles. The van der Waals surface area contributed by atoms with Crippen molar-refractivity contribution in [1.82, 2.24) is 9.97 Å². The first kappa shape index (κ1) is 8.64. The summed E-state index contributed by atoms with van der Waals surface area (Å²) >= 11 is 0. The molecule has 0 amide bonds. The van der Waals surface area contributed by atoms with Crippen LogP contribution in [0.3, 0.4) is 0 Å². The first-order chi connectivity index (χ1) is 5.68. The van der Waals surface area contributed by atoms with E-state index in [2.05, 4.69) is 9.97 Å². The minimum absolute atomic E-state index is 0.0302. The highest BCUT2D eigenvalue weighted by atomic mass is 16.5. The SMILES string of the molecule is CC(=O)COc1cnc(C)cn1. The zero-order valence-electron chi connectivity index (χ0n) is 7.07. The zero-order chi connectivity index (χ0) is 8.97. The van der Waals surface area contributed by atoms with E-state index in [9.17, 15) is 4.79 Å². The maximum atomic E-state index is 10.5. The molecule has 1 aromatic rings. The van der Waals surface area contributed by atoms with Crippen LogP contribution in [-0.2, 0) is 4.79 Å². The lowest BCUT2D eigenvalue weighted by Crippen LogP contribution is -2.07. The lowest BCUT2D eigenvalue weighted by molar-refractivity contribution is -0.119. The zero-order valence-corrected chi connectivity index (χ0v) is 7.07. The third-order valence-electron chi connectivity index (χ3n) is 1.18. The lowest BCUT2D eigenvalue weighted by Gasteiger charge is -2.00. The number of carbonyl (C=O) groups is 1. The van der Waals surface area contributed by atoms with E-state index < -0.39 is 0 Å². The van der Waals surface area contributed by atoms with Gasteiger partial charge in [0, 0.05) is 0 Å². The molecule has 0 atom stereocenters. The van der Waals surface area contributed by atoms with Crippen molar-refractivity contribution in [3.63, 3.8) is 0 Å². The lowest BCUT2D eigenvalue weighted by atomic mass is 10.5. The van der Waals surface area contributed by atoms with Crippen LogP contribution in [0, 0.1) is 6.92 Å². The molecular formula is C8H10N2O2. The van der Waals surface area contributed by atoms with Crippen molar-refractivity contribution in [2.75, 3.05) is 6.61 Å². The van der Waals surface area contributed by atoms with Gasteiger partial charge in [0.15, 0.2) is 5.78 Å². The number of carbonyl (C=O) groups excluding carboxylic acids is 1. The second-order valence-electron chi connectivity index (χ2n) is 2.49. The molecule has 0 unspecified atom stereocenters. The molecule has 0 aliphatic rings. The Morgan fingerprint density at radius 3 is 2.75 bits per heavy atom. The van der Waals surface area contributed by atoms with Crippen molar-refractivity contribution in [3.8, 4) is 5.88 Å². The van der Waals surface area contributed by atoms with Crippen molar-refractivity contribution < 1.29 is 9.53 Å². The molecule has 0 radical (unpaired) electrons. The van der Waals surface area contributed by atoms with E-state index in [0.29, 0.717) is 5.88 Å². The maximum Gasteiger partial charge on any atom is 0.232 e. The molecule has 0 bridgehead atoms. The summed E-state index contributed by atoms with van der Waals surface area (Å²) in [7, 11) is 0. The van der Waals surface area contributed by atoms with Crippen LogP contribution in [0.15, 0.2) is 12.4 Å². The van der Waals surface area contributed by atoms with E-state index in [1.165, 1.54) is 13.1 Å². The minimum atomic E-state index is -0.0302. The quantitative estimate of drug-likeness (QED) is 0.665. The molecular weight excluding hydrogens is 156 g/mol. The van der Waals surface area contributed by atoms with Gasteiger partial charge in [-0.25, -0.2) is 4.98 Å². The summed E-state index contributed by atoms with van der Waals surface area (Å²) in [5.41, 5.74) is 0.824. The molecule has 0 saturated carbocycles. The molecule has 64 valence electrons. The predicted octanol–water partition coefficient (Wildman–Crippen LogP) is 0.753. The van der Waals surface area contributed by atoms with Crippen LogP contribution in [0.25, 0.3) is 0 Å². The first-order valence-corrected chi connectivity index (χ1v) is 3.59. The second kappa shape index (κ2) is 3.80. The molecule has 1 heterocycles. The first-order valence-electron chi connectivity index (χ1n) is 3.59. The Kier molecular flexibility index (Phi) is 2.74. The molecule has 4 heteroatoms. The topological polar surface area (TPSA) is 52.1 Å². The number of hydrogen-bond donors (Lipinski definition) is 0. The van der Waals surface area contributed by atoms with Gasteiger partial charge >= 0.3 is 0 Å². The number of rotatable bonds is 3. The van der Waals surface area contributed by atoms with Gasteiger partial charge in [0.05, 0.1) is 18.1 Å². The van der Waals surface area contributed by atoms with Gasteiger partial charge < -0.3 is 4.74 Å². The van der Waals surface area contributed by atoms with E-state index in [1.54, 1.807) is 6.20 Å². The molecule has 0 fully saturated rings. The number of nitrogens with zero attached hydrogens (tertiary/aromatic N) is 2. The molecule has 0 spiro atoms. The highest BCUT2D eigenvalue weighted by molar-refractivity contribution is 5.76. The number of aryl methyl sites for hydroxylation is 1. The molecule has 0 aromatic carbocycles. The van der Waals surface area contributed by atoms with Crippen LogP contribution >= 0.6 is 0 Å². The van der Waals surface area contributed by atoms with Crippen molar-refractivity contribution >= 4 is 5.78 Å². The van der Waals surface area contributed by atoms with Gasteiger partial charge in [-0.05, 0) is 13.8 Å². The van der Waals surface area contributed by atoms with E-state index >= 15 is 0 Å². The van der Waals surface area contributed by atoms with Gasteiger partial charge in [-0.15, -0.1) is 0 Å². The fourth-order valence-corrected chi connectivity index (χ4v) is 0.631. The van der Waals surface area contributed by atoms with Crippen LogP contribution < -0.4 is 4.74 Å². The molecule has 12 heavy (non-hydrogen) atoms. The predicted molar refractivity (Wildman–Crippen MR) is 42.9 cm³/mol. The van der Waals surface area contributed by atoms with Crippen molar-refractivity contribution in [1.29, 1.82) is 0 Å². The van der Waals surface area contributed by atoms with E-state index in [4.69, 9.17) is 4.74 Å². The summed E-state index contributed by atoms with van der Waals surface area (Å²) in [5, 5.41) is 0. The van der Waals surface area contributed by atoms with Gasteiger partial charge in [-0.3, -0.25) is 9.78 Å². The fraction of sp³-hybridized carbons (Fsp3) is 0.375. The Bertz CT molecular complexity index is 269. The third-order valence-corrected chi connectivity index (χ3v) is 1.18. The summed E-state index contributed by atoms with van der Waals surface area (Å²) < 4.78 is 5.00. The van der Waals surface area contributed by atoms with Gasteiger partial charge in [-0.1, -0.05) is 0 Å². The van der Waals surface area contributed by atoms with Crippen LogP contribution in [0.4, 0.5) is 0 Å². The van der Waals surface area contributed by atoms with Gasteiger partial charge in [0.25, 0.3) is 0 Å². The molecule has 0 N–H and O–H groups in total. The van der Waals surface area contributed by atoms with E-state index in [0.717, 1.165) is 5.69 Å². The summed E-state index contributed by atoms with van der Waals surface area (Å²) in [6.07, 6.45) is 3.09. The monoisotopic (exact) mass is 166 g/mol. The van der Waals surface area contributed by atoms with Crippen LogP contribution in [0.5, 0.6) is 5.88 Å². The minimum Gasteiger partial charge on any atom is -0.469 e. The Hall–Kier alpha value is -1.45. The molecule has 1 rings (SSSR count). The summed E-state index contributed by atoms with van der Waals surface area (Å²) in [4.78, 5) is 18.4. The summed E-state index contributed by atoms with van der Waals surface area (Å²) in [5.74, 6) is 0.355. The van der Waals surface area contributed by atoms with Crippen LogP contribution in [0.2, 0.25) is 0 Å². The molecule has 0 aliphatic carbocycles. The number of ether oxygens (including phenoxy) is 1. The van der Waals surface area contributed by atoms with Crippen molar-refractivity contribution in [2.45, 2.75) is 13.8 Å². The smallest absolute Gasteiger partial charge is 0.232 e. The number of hydrogen-bond acceptors (Lipinski definition) is 4. The third kappa shape index (κ3) is 2.65. The van der Waals surface area contributed by atoms with Crippen molar-refractivity contribution in [2.24, 2.45) is 0 Å². The number of ketones is 1. The largest absolute Gasteiger partial charge is 0.469 e. The number of Topliss-reactive ketones (excluding diaryl/α,β-unsaturated/α-hetero) is 1. The second-order valence-corrected chi connectivity index (χ2v) is 2.49. The standard InChI is InChI=1S/C8H10N2O2/c1-6-3-10-8(4-9-6)12-5-7(2)11/h3-4H,5H2,1-2H3. The van der Waals surface area contributed by atoms with Gasteiger partial charge in [0.2, 0.25) is 5.88 Å². The Morgan fingerprint density at radius 2 is 2.25 bits per heavy atom. The summed E-state index contributed by atoms with van der Waals surface area (Å²) in [6.45, 7) is 3.35. The van der Waals surface area contributed by atoms with Gasteiger partial charge in [0.1, 0.15) is 6.61 Å². The molecule has 4 nitrogen and oxygen atoms in total. The average Bonchev–Trinajstić information content (AvgIpc) is 2.03. The van der Waals surface area contributed by atoms with Crippen LogP contribution in [-0.4, -0.2) is 22.4 Å².